The molecule has 1 atom stereocenters. The fourth-order valence-electron chi connectivity index (χ4n) is 2.84. The number of benzene rings is 1. The number of likely N-dealkylation sites (tertiary alicyclic amines) is 1. The number of hydrogen-bond donors (Lipinski definition) is 1. The molecule has 5 heteroatoms. The minimum Gasteiger partial charge on any atom is -0.490 e. The van der Waals surface area contributed by atoms with E-state index in [9.17, 15) is 9.59 Å². The zero-order chi connectivity index (χ0) is 16.7. The highest BCUT2D eigenvalue weighted by Crippen LogP contribution is 2.23. The summed E-state index contributed by atoms with van der Waals surface area (Å²) >= 11 is 0. The van der Waals surface area contributed by atoms with Crippen LogP contribution < -0.4 is 4.74 Å². The summed E-state index contributed by atoms with van der Waals surface area (Å²) in [5.74, 6) is 0.210. The van der Waals surface area contributed by atoms with Crippen molar-refractivity contribution in [3.8, 4) is 5.75 Å². The molecule has 1 fully saturated rings. The average Bonchev–Trinajstić information content (AvgIpc) is 2.58. The van der Waals surface area contributed by atoms with E-state index >= 15 is 0 Å². The van der Waals surface area contributed by atoms with Gasteiger partial charge >= 0.3 is 5.97 Å². The second-order valence-corrected chi connectivity index (χ2v) is 5.82. The van der Waals surface area contributed by atoms with Crippen LogP contribution in [0.15, 0.2) is 36.9 Å². The molecule has 1 aliphatic heterocycles. The lowest BCUT2D eigenvalue weighted by molar-refractivity contribution is -0.137. The third kappa shape index (κ3) is 5.13. The Balaban J connectivity index is 1.93. The van der Waals surface area contributed by atoms with Gasteiger partial charge < -0.3 is 14.7 Å². The van der Waals surface area contributed by atoms with Crippen molar-refractivity contribution in [2.24, 2.45) is 5.92 Å². The second kappa shape index (κ2) is 8.36. The van der Waals surface area contributed by atoms with Gasteiger partial charge in [0.2, 0.25) is 0 Å². The Labute approximate surface area is 136 Å². The molecular formula is C18H23NO4. The summed E-state index contributed by atoms with van der Waals surface area (Å²) in [6.07, 6.45) is 4.39. The third-order valence-corrected chi connectivity index (χ3v) is 4.04. The standard InChI is InChI=1S/C18H23NO4/c1-2-12-23-16-8-6-15(7-9-16)18(22)19-11-3-4-14(13-19)5-10-17(20)21/h2,6-9,14H,1,3-5,10-13H2,(H,20,21). The Morgan fingerprint density at radius 1 is 1.35 bits per heavy atom. The molecule has 0 radical (unpaired) electrons. The predicted octanol–water partition coefficient (Wildman–Crippen LogP) is 2.97. The second-order valence-electron chi connectivity index (χ2n) is 5.82. The number of carbonyl (C=O) groups excluding carboxylic acids is 1. The lowest BCUT2D eigenvalue weighted by atomic mass is 9.93. The summed E-state index contributed by atoms with van der Waals surface area (Å²) in [6.45, 7) is 5.40. The van der Waals surface area contributed by atoms with Gasteiger partial charge in [-0.1, -0.05) is 12.7 Å². The van der Waals surface area contributed by atoms with Crippen LogP contribution in [0.2, 0.25) is 0 Å². The molecule has 1 aromatic rings. The molecule has 0 bridgehead atoms. The zero-order valence-corrected chi connectivity index (χ0v) is 13.2. The van der Waals surface area contributed by atoms with Crippen molar-refractivity contribution >= 4 is 11.9 Å². The maximum atomic E-state index is 12.6. The number of nitrogens with zero attached hydrogens (tertiary/aromatic N) is 1. The molecule has 23 heavy (non-hydrogen) atoms. The highest BCUT2D eigenvalue weighted by Gasteiger charge is 2.24. The zero-order valence-electron chi connectivity index (χ0n) is 13.2. The summed E-state index contributed by atoms with van der Waals surface area (Å²) in [6, 6.07) is 7.09. The van der Waals surface area contributed by atoms with Gasteiger partial charge in [-0.05, 0) is 49.4 Å². The highest BCUT2D eigenvalue weighted by molar-refractivity contribution is 5.94. The summed E-state index contributed by atoms with van der Waals surface area (Å²) in [4.78, 5) is 25.1. The van der Waals surface area contributed by atoms with Gasteiger partial charge in [0.15, 0.2) is 0 Å². The van der Waals surface area contributed by atoms with Crippen molar-refractivity contribution in [3.05, 3.63) is 42.5 Å². The molecule has 0 saturated carbocycles. The van der Waals surface area contributed by atoms with Gasteiger partial charge in [-0.3, -0.25) is 9.59 Å². The van der Waals surface area contributed by atoms with Gasteiger partial charge in [-0.25, -0.2) is 0 Å². The largest absolute Gasteiger partial charge is 0.490 e. The SMILES string of the molecule is C=CCOc1ccc(C(=O)N2CCCC(CCC(=O)O)C2)cc1. The minimum atomic E-state index is -0.774. The number of amides is 1. The third-order valence-electron chi connectivity index (χ3n) is 4.04. The van der Waals surface area contributed by atoms with E-state index in [-0.39, 0.29) is 18.2 Å². The first-order valence-corrected chi connectivity index (χ1v) is 7.95. The van der Waals surface area contributed by atoms with Crippen LogP contribution in [-0.4, -0.2) is 41.6 Å². The molecule has 1 saturated heterocycles. The first-order chi connectivity index (χ1) is 11.1. The monoisotopic (exact) mass is 317 g/mol. The Morgan fingerprint density at radius 3 is 2.74 bits per heavy atom. The van der Waals surface area contributed by atoms with Gasteiger partial charge in [0.1, 0.15) is 12.4 Å². The molecule has 0 spiro atoms. The number of piperidine rings is 1. The molecule has 1 aromatic carbocycles. The Morgan fingerprint density at radius 2 is 2.09 bits per heavy atom. The maximum absolute atomic E-state index is 12.6. The van der Waals surface area contributed by atoms with Gasteiger partial charge in [0.05, 0.1) is 0 Å². The average molecular weight is 317 g/mol. The van der Waals surface area contributed by atoms with Crippen molar-refractivity contribution in [3.63, 3.8) is 0 Å². The van der Waals surface area contributed by atoms with Crippen LogP contribution >= 0.6 is 0 Å². The van der Waals surface area contributed by atoms with E-state index < -0.39 is 5.97 Å². The van der Waals surface area contributed by atoms with Crippen molar-refractivity contribution in [1.82, 2.24) is 4.90 Å². The van der Waals surface area contributed by atoms with Gasteiger partial charge in [0, 0.05) is 25.1 Å². The molecule has 1 unspecified atom stereocenters. The number of ether oxygens (including phenoxy) is 1. The maximum Gasteiger partial charge on any atom is 0.303 e. The lowest BCUT2D eigenvalue weighted by Gasteiger charge is -2.32. The first-order valence-electron chi connectivity index (χ1n) is 7.95. The van der Waals surface area contributed by atoms with Crippen molar-refractivity contribution < 1.29 is 19.4 Å². The minimum absolute atomic E-state index is 0.000274. The lowest BCUT2D eigenvalue weighted by Crippen LogP contribution is -2.40. The summed E-state index contributed by atoms with van der Waals surface area (Å²) < 4.78 is 5.41. The number of rotatable bonds is 7. The molecule has 1 aliphatic rings. The van der Waals surface area contributed by atoms with E-state index in [2.05, 4.69) is 6.58 Å². The molecule has 124 valence electrons. The number of carboxylic acid groups (broad SMARTS) is 1. The fourth-order valence-corrected chi connectivity index (χ4v) is 2.84. The summed E-state index contributed by atoms with van der Waals surface area (Å²) in [5, 5.41) is 8.79. The quantitative estimate of drug-likeness (QED) is 0.785. The smallest absolute Gasteiger partial charge is 0.303 e. The number of carbonyl (C=O) groups is 2. The van der Waals surface area contributed by atoms with Gasteiger partial charge in [0.25, 0.3) is 5.91 Å². The van der Waals surface area contributed by atoms with Crippen LogP contribution in [0.1, 0.15) is 36.0 Å². The van der Waals surface area contributed by atoms with Crippen molar-refractivity contribution in [1.29, 1.82) is 0 Å². The topological polar surface area (TPSA) is 66.8 Å². The molecule has 0 aromatic heterocycles. The predicted molar refractivity (Wildman–Crippen MR) is 87.6 cm³/mol. The van der Waals surface area contributed by atoms with Crippen LogP contribution in [0, 0.1) is 5.92 Å². The molecule has 0 aliphatic carbocycles. The van der Waals surface area contributed by atoms with E-state index in [1.54, 1.807) is 30.3 Å². The van der Waals surface area contributed by atoms with Gasteiger partial charge in [-0.2, -0.15) is 0 Å². The van der Waals surface area contributed by atoms with Crippen LogP contribution in [0.5, 0.6) is 5.75 Å². The van der Waals surface area contributed by atoms with Crippen LogP contribution in [0.3, 0.4) is 0 Å². The van der Waals surface area contributed by atoms with Crippen molar-refractivity contribution in [2.45, 2.75) is 25.7 Å². The molecule has 2 rings (SSSR count). The molecule has 1 N–H and O–H groups in total. The Hall–Kier alpha value is -2.30. The molecular weight excluding hydrogens is 294 g/mol. The first kappa shape index (κ1) is 17.1. The molecule has 1 heterocycles. The molecule has 5 nitrogen and oxygen atoms in total. The number of carboxylic acids is 1. The van der Waals surface area contributed by atoms with Crippen LogP contribution in [0.4, 0.5) is 0 Å². The highest BCUT2D eigenvalue weighted by atomic mass is 16.5. The van der Waals surface area contributed by atoms with Crippen LogP contribution in [-0.2, 0) is 4.79 Å². The van der Waals surface area contributed by atoms with Gasteiger partial charge in [-0.15, -0.1) is 0 Å². The molecule has 1 amide bonds. The van der Waals surface area contributed by atoms with E-state index in [0.29, 0.717) is 30.9 Å². The van der Waals surface area contributed by atoms with E-state index in [0.717, 1.165) is 19.4 Å². The number of aliphatic carboxylic acids is 1. The van der Waals surface area contributed by atoms with E-state index in [4.69, 9.17) is 9.84 Å². The normalized spacial score (nSPS) is 17.6. The summed E-state index contributed by atoms with van der Waals surface area (Å²) in [7, 11) is 0. The Bertz CT molecular complexity index is 553. The fraction of sp³-hybridized carbons (Fsp3) is 0.444. The number of hydrogen-bond acceptors (Lipinski definition) is 3. The van der Waals surface area contributed by atoms with E-state index in [1.807, 2.05) is 4.90 Å². The van der Waals surface area contributed by atoms with E-state index in [1.165, 1.54) is 0 Å². The Kier molecular flexibility index (Phi) is 6.20. The van der Waals surface area contributed by atoms with Crippen molar-refractivity contribution in [2.75, 3.05) is 19.7 Å². The summed E-state index contributed by atoms with van der Waals surface area (Å²) in [5.41, 5.74) is 0.634. The van der Waals surface area contributed by atoms with Crippen LogP contribution in [0.25, 0.3) is 0 Å².